The van der Waals surface area contributed by atoms with Crippen LogP contribution >= 0.6 is 0 Å². The van der Waals surface area contributed by atoms with E-state index in [0.29, 0.717) is 13.0 Å². The van der Waals surface area contributed by atoms with E-state index in [1.54, 1.807) is 6.92 Å². The number of hydrogen-bond acceptors (Lipinski definition) is 4. The summed E-state index contributed by atoms with van der Waals surface area (Å²) in [6.45, 7) is 2.57. The summed E-state index contributed by atoms with van der Waals surface area (Å²) in [5.41, 5.74) is 2.66. The van der Waals surface area contributed by atoms with Gasteiger partial charge in [-0.1, -0.05) is 48.5 Å². The number of para-hydroxylation sites is 1. The van der Waals surface area contributed by atoms with Crippen molar-refractivity contribution in [2.75, 3.05) is 18.1 Å². The second-order valence-corrected chi connectivity index (χ2v) is 5.93. The van der Waals surface area contributed by atoms with Crippen LogP contribution in [0.4, 0.5) is 10.5 Å². The fraction of sp³-hybridized carbons (Fsp3) is 0.300. The van der Waals surface area contributed by atoms with E-state index in [1.807, 2.05) is 54.6 Å². The molecule has 3 rings (SSSR count). The molecule has 0 fully saturated rings. The predicted molar refractivity (Wildman–Crippen MR) is 94.2 cm³/mol. The molecule has 0 unspecified atom stereocenters. The van der Waals surface area contributed by atoms with Gasteiger partial charge in [-0.25, -0.2) is 4.79 Å². The zero-order valence-electron chi connectivity index (χ0n) is 14.2. The fourth-order valence-corrected chi connectivity index (χ4v) is 2.98. The molecule has 1 atom stereocenters. The predicted octanol–water partition coefficient (Wildman–Crippen LogP) is 3.57. The Hall–Kier alpha value is -2.82. The van der Waals surface area contributed by atoms with Crippen LogP contribution in [0.5, 0.6) is 0 Å². The molecule has 1 heterocycles. The summed E-state index contributed by atoms with van der Waals surface area (Å²) in [5.74, 6) is -0.656. The molecule has 5 heteroatoms. The molecular formula is C20H21NO4. The molecule has 0 bridgehead atoms. The van der Waals surface area contributed by atoms with Gasteiger partial charge in [0.05, 0.1) is 18.2 Å². The summed E-state index contributed by atoms with van der Waals surface area (Å²) in [7, 11) is 0. The van der Waals surface area contributed by atoms with E-state index < -0.39 is 6.09 Å². The maximum Gasteiger partial charge on any atom is 0.414 e. The molecule has 2 aromatic rings. The number of nitrogens with zero attached hydrogens (tertiary/aromatic N) is 1. The van der Waals surface area contributed by atoms with Gasteiger partial charge in [0.15, 0.2) is 0 Å². The molecule has 1 aliphatic rings. The largest absolute Gasteiger partial charge is 0.466 e. The van der Waals surface area contributed by atoms with Crippen LogP contribution in [0, 0.1) is 5.92 Å². The van der Waals surface area contributed by atoms with E-state index >= 15 is 0 Å². The monoisotopic (exact) mass is 339 g/mol. The van der Waals surface area contributed by atoms with Crippen molar-refractivity contribution in [2.45, 2.75) is 20.0 Å². The van der Waals surface area contributed by atoms with Gasteiger partial charge in [0.25, 0.3) is 0 Å². The number of benzene rings is 2. The molecule has 0 N–H and O–H groups in total. The average Bonchev–Trinajstić information content (AvgIpc) is 2.66. The van der Waals surface area contributed by atoms with Gasteiger partial charge < -0.3 is 9.47 Å². The lowest BCUT2D eigenvalue weighted by molar-refractivity contribution is -0.147. The number of hydrogen-bond donors (Lipinski definition) is 0. The van der Waals surface area contributed by atoms with Crippen molar-refractivity contribution in [1.82, 2.24) is 0 Å². The van der Waals surface area contributed by atoms with Crippen LogP contribution in [0.1, 0.15) is 18.1 Å². The summed E-state index contributed by atoms with van der Waals surface area (Å²) >= 11 is 0. The van der Waals surface area contributed by atoms with Gasteiger partial charge in [-0.2, -0.15) is 0 Å². The van der Waals surface area contributed by atoms with E-state index in [1.165, 1.54) is 4.90 Å². The lowest BCUT2D eigenvalue weighted by Gasteiger charge is -2.32. The first kappa shape index (κ1) is 17.0. The third kappa shape index (κ3) is 3.99. The molecule has 0 aliphatic carbocycles. The second-order valence-electron chi connectivity index (χ2n) is 5.93. The van der Waals surface area contributed by atoms with Gasteiger partial charge in [-0.15, -0.1) is 0 Å². The normalized spacial score (nSPS) is 16.0. The molecule has 0 aromatic heterocycles. The van der Waals surface area contributed by atoms with Gasteiger partial charge in [0.1, 0.15) is 6.61 Å². The minimum Gasteiger partial charge on any atom is -0.466 e. The number of amides is 1. The quantitative estimate of drug-likeness (QED) is 0.799. The van der Waals surface area contributed by atoms with Crippen LogP contribution in [0.3, 0.4) is 0 Å². The summed E-state index contributed by atoms with van der Waals surface area (Å²) in [4.78, 5) is 26.3. The first-order valence-electron chi connectivity index (χ1n) is 8.41. The zero-order chi connectivity index (χ0) is 17.6. The van der Waals surface area contributed by atoms with Crippen molar-refractivity contribution in [2.24, 2.45) is 5.92 Å². The number of anilines is 1. The minimum absolute atomic E-state index is 0.197. The molecule has 0 saturated heterocycles. The fourth-order valence-electron chi connectivity index (χ4n) is 2.98. The topological polar surface area (TPSA) is 55.8 Å². The molecule has 5 nitrogen and oxygen atoms in total. The Morgan fingerprint density at radius 3 is 2.52 bits per heavy atom. The number of carbonyl (C=O) groups excluding carboxylic acids is 2. The third-order valence-electron chi connectivity index (χ3n) is 4.20. The SMILES string of the molecule is CCOC(=O)[C@H]1Cc2ccccc2N(C(=O)OCc2ccccc2)C1. The Morgan fingerprint density at radius 1 is 1.04 bits per heavy atom. The number of carbonyl (C=O) groups is 2. The third-order valence-corrected chi connectivity index (χ3v) is 4.20. The zero-order valence-corrected chi connectivity index (χ0v) is 14.2. The highest BCUT2D eigenvalue weighted by atomic mass is 16.6. The van der Waals surface area contributed by atoms with E-state index in [4.69, 9.17) is 9.47 Å². The molecule has 130 valence electrons. The Bertz CT molecular complexity index is 744. The highest BCUT2D eigenvalue weighted by molar-refractivity contribution is 5.91. The van der Waals surface area contributed by atoms with Gasteiger partial charge in [0, 0.05) is 6.54 Å². The first-order valence-corrected chi connectivity index (χ1v) is 8.41. The van der Waals surface area contributed by atoms with E-state index in [-0.39, 0.29) is 25.0 Å². The van der Waals surface area contributed by atoms with E-state index in [2.05, 4.69) is 0 Å². The molecule has 0 radical (unpaired) electrons. The standard InChI is InChI=1S/C20H21NO4/c1-2-24-19(22)17-12-16-10-6-7-11-18(16)21(13-17)20(23)25-14-15-8-4-3-5-9-15/h3-11,17H,2,12-14H2,1H3/t17-/m0/s1. The van der Waals surface area contributed by atoms with Crippen LogP contribution < -0.4 is 4.90 Å². The Kier molecular flexibility index (Phi) is 5.33. The molecule has 0 spiro atoms. The van der Waals surface area contributed by atoms with E-state index in [9.17, 15) is 9.59 Å². The Balaban J connectivity index is 1.76. The van der Waals surface area contributed by atoms with Crippen LogP contribution in [0.25, 0.3) is 0 Å². The number of rotatable bonds is 4. The number of esters is 1. The van der Waals surface area contributed by atoms with Crippen LogP contribution in [0.15, 0.2) is 54.6 Å². The van der Waals surface area contributed by atoms with Crippen molar-refractivity contribution in [3.63, 3.8) is 0 Å². The molecule has 2 aromatic carbocycles. The van der Waals surface area contributed by atoms with Crippen molar-refractivity contribution < 1.29 is 19.1 Å². The number of ether oxygens (including phenoxy) is 2. The highest BCUT2D eigenvalue weighted by Gasteiger charge is 2.33. The molecular weight excluding hydrogens is 318 g/mol. The van der Waals surface area contributed by atoms with Crippen molar-refractivity contribution in [1.29, 1.82) is 0 Å². The molecule has 1 aliphatic heterocycles. The van der Waals surface area contributed by atoms with Crippen LogP contribution in [0.2, 0.25) is 0 Å². The van der Waals surface area contributed by atoms with Gasteiger partial charge in [-0.3, -0.25) is 9.69 Å². The maximum absolute atomic E-state index is 12.6. The van der Waals surface area contributed by atoms with Gasteiger partial charge in [-0.05, 0) is 30.5 Å². The smallest absolute Gasteiger partial charge is 0.414 e. The first-order chi connectivity index (χ1) is 12.2. The lowest BCUT2D eigenvalue weighted by Crippen LogP contribution is -2.43. The van der Waals surface area contributed by atoms with Crippen molar-refractivity contribution in [3.05, 3.63) is 65.7 Å². The van der Waals surface area contributed by atoms with Gasteiger partial charge in [0.2, 0.25) is 0 Å². The summed E-state index contributed by atoms with van der Waals surface area (Å²) in [6, 6.07) is 17.1. The lowest BCUT2D eigenvalue weighted by atomic mass is 9.93. The van der Waals surface area contributed by atoms with Crippen molar-refractivity contribution in [3.8, 4) is 0 Å². The number of fused-ring (bicyclic) bond motifs is 1. The van der Waals surface area contributed by atoms with Crippen LogP contribution in [-0.4, -0.2) is 25.2 Å². The second kappa shape index (κ2) is 7.83. The highest BCUT2D eigenvalue weighted by Crippen LogP contribution is 2.30. The summed E-state index contributed by atoms with van der Waals surface area (Å²) < 4.78 is 10.6. The molecule has 0 saturated carbocycles. The summed E-state index contributed by atoms with van der Waals surface area (Å²) in [6.07, 6.45) is 0.114. The molecule has 1 amide bonds. The molecule has 25 heavy (non-hydrogen) atoms. The minimum atomic E-state index is -0.453. The Labute approximate surface area is 147 Å². The van der Waals surface area contributed by atoms with Crippen molar-refractivity contribution >= 4 is 17.7 Å². The Morgan fingerprint density at radius 2 is 1.76 bits per heavy atom. The van der Waals surface area contributed by atoms with Gasteiger partial charge >= 0.3 is 12.1 Å². The average molecular weight is 339 g/mol. The maximum atomic E-state index is 12.6. The van der Waals surface area contributed by atoms with Crippen LogP contribution in [-0.2, 0) is 27.3 Å². The summed E-state index contributed by atoms with van der Waals surface area (Å²) in [5, 5.41) is 0. The van der Waals surface area contributed by atoms with E-state index in [0.717, 1.165) is 16.8 Å².